The van der Waals surface area contributed by atoms with Crippen molar-refractivity contribution in [2.24, 2.45) is 5.73 Å². The average Bonchev–Trinajstić information content (AvgIpc) is 2.34. The number of carboxylic acids is 1. The standard InChI is InChI=1S/C6H7BrN2O2S/c7-6-9-2-4(12-6)3(8)1-5(10)11/h2-3H,1,8H2,(H,10,11). The quantitative estimate of drug-likeness (QED) is 0.850. The summed E-state index contributed by atoms with van der Waals surface area (Å²) < 4.78 is 0.721. The number of carboxylic acid groups (broad SMARTS) is 1. The number of nitrogens with zero attached hydrogens (tertiary/aromatic N) is 1. The summed E-state index contributed by atoms with van der Waals surface area (Å²) in [5.41, 5.74) is 5.58. The van der Waals surface area contributed by atoms with Gasteiger partial charge in [-0.15, -0.1) is 11.3 Å². The fourth-order valence-corrected chi connectivity index (χ4v) is 2.03. The fraction of sp³-hybridized carbons (Fsp3) is 0.333. The normalized spacial score (nSPS) is 12.8. The van der Waals surface area contributed by atoms with Crippen molar-refractivity contribution in [3.05, 3.63) is 15.0 Å². The first kappa shape index (κ1) is 9.63. The van der Waals surface area contributed by atoms with Crippen LogP contribution in [0.5, 0.6) is 0 Å². The zero-order chi connectivity index (χ0) is 9.14. The van der Waals surface area contributed by atoms with E-state index in [2.05, 4.69) is 20.9 Å². The number of aromatic nitrogens is 1. The molecule has 1 aromatic rings. The zero-order valence-corrected chi connectivity index (χ0v) is 8.43. The van der Waals surface area contributed by atoms with E-state index in [9.17, 15) is 4.79 Å². The molecular formula is C6H7BrN2O2S. The third kappa shape index (κ3) is 2.54. The summed E-state index contributed by atoms with van der Waals surface area (Å²) in [7, 11) is 0. The first-order chi connectivity index (χ1) is 5.59. The molecule has 0 saturated heterocycles. The summed E-state index contributed by atoms with van der Waals surface area (Å²) >= 11 is 4.53. The number of carbonyl (C=O) groups is 1. The molecule has 0 amide bonds. The van der Waals surface area contributed by atoms with Gasteiger partial charge in [-0.2, -0.15) is 0 Å². The monoisotopic (exact) mass is 250 g/mol. The lowest BCUT2D eigenvalue weighted by Gasteiger charge is -2.03. The van der Waals surface area contributed by atoms with Gasteiger partial charge in [0, 0.05) is 11.1 Å². The Kier molecular flexibility index (Phi) is 3.19. The van der Waals surface area contributed by atoms with Crippen molar-refractivity contribution >= 4 is 33.2 Å². The van der Waals surface area contributed by atoms with E-state index in [-0.39, 0.29) is 6.42 Å². The molecule has 3 N–H and O–H groups in total. The van der Waals surface area contributed by atoms with E-state index < -0.39 is 12.0 Å². The van der Waals surface area contributed by atoms with Crippen LogP contribution in [0.15, 0.2) is 10.1 Å². The molecule has 0 aliphatic heterocycles. The molecule has 66 valence electrons. The number of hydrogen-bond donors (Lipinski definition) is 2. The summed E-state index contributed by atoms with van der Waals surface area (Å²) in [5.74, 6) is -0.896. The number of rotatable bonds is 3. The van der Waals surface area contributed by atoms with Crippen molar-refractivity contribution in [3.63, 3.8) is 0 Å². The second kappa shape index (κ2) is 3.97. The Labute approximate surface area is 81.5 Å². The van der Waals surface area contributed by atoms with Crippen molar-refractivity contribution in [1.82, 2.24) is 4.98 Å². The van der Waals surface area contributed by atoms with Crippen LogP contribution < -0.4 is 5.73 Å². The molecule has 0 bridgehead atoms. The van der Waals surface area contributed by atoms with Crippen LogP contribution in [0.3, 0.4) is 0 Å². The molecule has 0 saturated carbocycles. The van der Waals surface area contributed by atoms with E-state index in [1.165, 1.54) is 11.3 Å². The SMILES string of the molecule is NC(CC(=O)O)c1cnc(Br)s1. The Hall–Kier alpha value is -0.460. The predicted octanol–water partition coefficient (Wildman–Crippen LogP) is 1.38. The van der Waals surface area contributed by atoms with Gasteiger partial charge < -0.3 is 10.8 Å². The van der Waals surface area contributed by atoms with Gasteiger partial charge >= 0.3 is 5.97 Å². The molecule has 0 spiro atoms. The lowest BCUT2D eigenvalue weighted by molar-refractivity contribution is -0.137. The van der Waals surface area contributed by atoms with Crippen molar-refractivity contribution < 1.29 is 9.90 Å². The predicted molar refractivity (Wildman–Crippen MR) is 49.0 cm³/mol. The van der Waals surface area contributed by atoms with Gasteiger partial charge in [0.25, 0.3) is 0 Å². The lowest BCUT2D eigenvalue weighted by Crippen LogP contribution is -2.13. The molecule has 1 unspecified atom stereocenters. The average molecular weight is 251 g/mol. The molecule has 1 atom stereocenters. The Morgan fingerprint density at radius 2 is 2.58 bits per heavy atom. The van der Waals surface area contributed by atoms with E-state index in [4.69, 9.17) is 10.8 Å². The van der Waals surface area contributed by atoms with E-state index >= 15 is 0 Å². The molecule has 1 rings (SSSR count). The topological polar surface area (TPSA) is 76.2 Å². The molecule has 1 heterocycles. The van der Waals surface area contributed by atoms with Gasteiger partial charge in [-0.3, -0.25) is 4.79 Å². The van der Waals surface area contributed by atoms with Crippen LogP contribution in [0.1, 0.15) is 17.3 Å². The molecule has 12 heavy (non-hydrogen) atoms. The molecular weight excluding hydrogens is 244 g/mol. The van der Waals surface area contributed by atoms with E-state index in [0.29, 0.717) is 0 Å². The van der Waals surface area contributed by atoms with E-state index in [0.717, 1.165) is 8.79 Å². The zero-order valence-electron chi connectivity index (χ0n) is 6.03. The van der Waals surface area contributed by atoms with Crippen LogP contribution in [-0.2, 0) is 4.79 Å². The summed E-state index contributed by atoms with van der Waals surface area (Å²) in [4.78, 5) is 15.0. The van der Waals surface area contributed by atoms with Gasteiger partial charge in [0.2, 0.25) is 0 Å². The van der Waals surface area contributed by atoms with Gasteiger partial charge in [0.15, 0.2) is 3.92 Å². The first-order valence-corrected chi connectivity index (χ1v) is 4.79. The highest BCUT2D eigenvalue weighted by molar-refractivity contribution is 9.11. The van der Waals surface area contributed by atoms with Crippen LogP contribution in [0.4, 0.5) is 0 Å². The van der Waals surface area contributed by atoms with E-state index in [1.54, 1.807) is 6.20 Å². The second-order valence-corrected chi connectivity index (χ2v) is 4.56. The second-order valence-electron chi connectivity index (χ2n) is 2.22. The van der Waals surface area contributed by atoms with Gasteiger partial charge in [0.05, 0.1) is 12.5 Å². The summed E-state index contributed by atoms with van der Waals surface area (Å²) in [6, 6.07) is -0.453. The summed E-state index contributed by atoms with van der Waals surface area (Å²) in [6.45, 7) is 0. The minimum atomic E-state index is -0.896. The molecule has 1 aromatic heterocycles. The summed E-state index contributed by atoms with van der Waals surface area (Å²) in [6.07, 6.45) is 1.52. The number of nitrogens with two attached hydrogens (primary N) is 1. The Bertz CT molecular complexity index is 289. The smallest absolute Gasteiger partial charge is 0.305 e. The van der Waals surface area contributed by atoms with Crippen molar-refractivity contribution in [3.8, 4) is 0 Å². The molecule has 0 radical (unpaired) electrons. The maximum Gasteiger partial charge on any atom is 0.305 e. The minimum Gasteiger partial charge on any atom is -0.481 e. The summed E-state index contributed by atoms with van der Waals surface area (Å²) in [5, 5.41) is 8.44. The van der Waals surface area contributed by atoms with Crippen molar-refractivity contribution in [1.29, 1.82) is 0 Å². The van der Waals surface area contributed by atoms with Crippen LogP contribution in [0.25, 0.3) is 0 Å². The molecule has 0 aromatic carbocycles. The van der Waals surface area contributed by atoms with Crippen molar-refractivity contribution in [2.75, 3.05) is 0 Å². The van der Waals surface area contributed by atoms with Crippen LogP contribution >= 0.6 is 27.3 Å². The third-order valence-electron chi connectivity index (χ3n) is 1.26. The highest BCUT2D eigenvalue weighted by Gasteiger charge is 2.12. The first-order valence-electron chi connectivity index (χ1n) is 3.18. The highest BCUT2D eigenvalue weighted by atomic mass is 79.9. The largest absolute Gasteiger partial charge is 0.481 e. The van der Waals surface area contributed by atoms with Gasteiger partial charge in [-0.05, 0) is 15.9 Å². The van der Waals surface area contributed by atoms with Crippen molar-refractivity contribution in [2.45, 2.75) is 12.5 Å². The Balaban J connectivity index is 2.64. The van der Waals surface area contributed by atoms with E-state index in [1.807, 2.05) is 0 Å². The molecule has 0 aliphatic carbocycles. The maximum atomic E-state index is 10.3. The Morgan fingerprint density at radius 3 is 3.00 bits per heavy atom. The molecule has 6 heteroatoms. The number of hydrogen-bond acceptors (Lipinski definition) is 4. The van der Waals surface area contributed by atoms with Gasteiger partial charge in [0.1, 0.15) is 0 Å². The maximum absolute atomic E-state index is 10.3. The van der Waals surface area contributed by atoms with Crippen LogP contribution in [0.2, 0.25) is 0 Å². The number of thiazole rings is 1. The molecule has 0 aliphatic rings. The fourth-order valence-electron chi connectivity index (χ4n) is 0.724. The van der Waals surface area contributed by atoms with Gasteiger partial charge in [-0.1, -0.05) is 0 Å². The Morgan fingerprint density at radius 1 is 1.92 bits per heavy atom. The number of halogens is 1. The highest BCUT2D eigenvalue weighted by Crippen LogP contribution is 2.24. The molecule has 0 fully saturated rings. The lowest BCUT2D eigenvalue weighted by atomic mass is 10.2. The minimum absolute atomic E-state index is 0.0609. The van der Waals surface area contributed by atoms with Gasteiger partial charge in [-0.25, -0.2) is 4.98 Å². The third-order valence-corrected chi connectivity index (χ3v) is 2.86. The van der Waals surface area contributed by atoms with Crippen LogP contribution in [0, 0.1) is 0 Å². The van der Waals surface area contributed by atoms with Crippen LogP contribution in [-0.4, -0.2) is 16.1 Å². The molecule has 4 nitrogen and oxygen atoms in total. The number of aliphatic carboxylic acids is 1.